The molecule has 0 aliphatic carbocycles. The summed E-state index contributed by atoms with van der Waals surface area (Å²) in [4.78, 5) is 11.4. The molecule has 5 nitrogen and oxygen atoms in total. The molecule has 1 fully saturated rings. The lowest BCUT2D eigenvalue weighted by Gasteiger charge is -2.15. The van der Waals surface area contributed by atoms with Gasteiger partial charge in [-0.15, -0.1) is 0 Å². The number of aliphatic hydroxyl groups is 3. The van der Waals surface area contributed by atoms with E-state index < -0.39 is 18.8 Å². The number of esters is 1. The van der Waals surface area contributed by atoms with E-state index >= 15 is 0 Å². The van der Waals surface area contributed by atoms with Gasteiger partial charge in [-0.1, -0.05) is 28.0 Å². The predicted molar refractivity (Wildman–Crippen MR) is 77.0 cm³/mol. The summed E-state index contributed by atoms with van der Waals surface area (Å²) in [5, 5.41) is 27.7. The fourth-order valence-electron chi connectivity index (χ4n) is 1.69. The Morgan fingerprint density at radius 3 is 2.74 bits per heavy atom. The number of ether oxygens (including phenoxy) is 1. The van der Waals surface area contributed by atoms with Gasteiger partial charge in [0.2, 0.25) is 0 Å². The monoisotopic (exact) mass is 310 g/mol. The fraction of sp³-hybridized carbons (Fsp3) is 0.917. The SMILES string of the molecule is O=C(CCCCC1CCSS1)OCC(O)C(O)CO. The van der Waals surface area contributed by atoms with E-state index in [0.717, 1.165) is 24.5 Å². The molecule has 0 radical (unpaired) electrons. The molecule has 0 saturated carbocycles. The van der Waals surface area contributed by atoms with Crippen molar-refractivity contribution >= 4 is 27.6 Å². The maximum Gasteiger partial charge on any atom is 0.305 e. The van der Waals surface area contributed by atoms with Crippen LogP contribution in [0.1, 0.15) is 32.1 Å². The number of unbranched alkanes of at least 4 members (excludes halogenated alkanes) is 1. The predicted octanol–water partition coefficient (Wildman–Crippen LogP) is 0.958. The summed E-state index contributed by atoms with van der Waals surface area (Å²) in [6, 6.07) is 0. The van der Waals surface area contributed by atoms with Crippen molar-refractivity contribution in [3.8, 4) is 0 Å². The highest BCUT2D eigenvalue weighted by Crippen LogP contribution is 2.39. The van der Waals surface area contributed by atoms with Crippen LogP contribution in [-0.4, -0.2) is 57.7 Å². The minimum atomic E-state index is -1.26. The Morgan fingerprint density at radius 2 is 2.11 bits per heavy atom. The third kappa shape index (κ3) is 7.41. The van der Waals surface area contributed by atoms with Crippen molar-refractivity contribution in [2.45, 2.75) is 49.6 Å². The number of aliphatic hydroxyl groups excluding tert-OH is 3. The highest BCUT2D eigenvalue weighted by atomic mass is 33.1. The second-order valence-electron chi connectivity index (χ2n) is 4.57. The van der Waals surface area contributed by atoms with Crippen LogP contribution in [0.25, 0.3) is 0 Å². The molecule has 7 heteroatoms. The summed E-state index contributed by atoms with van der Waals surface area (Å²) in [5.74, 6) is 0.861. The maximum absolute atomic E-state index is 11.4. The van der Waals surface area contributed by atoms with Crippen molar-refractivity contribution < 1.29 is 24.9 Å². The molecule has 1 heterocycles. The molecule has 1 rings (SSSR count). The summed E-state index contributed by atoms with van der Waals surface area (Å²) in [6.45, 7) is -0.814. The number of hydrogen-bond acceptors (Lipinski definition) is 7. The minimum absolute atomic E-state index is 0.268. The Labute approximate surface area is 121 Å². The third-order valence-corrected chi connectivity index (χ3v) is 5.94. The molecular weight excluding hydrogens is 288 g/mol. The lowest BCUT2D eigenvalue weighted by molar-refractivity contribution is -0.149. The molecule has 0 aromatic heterocycles. The van der Waals surface area contributed by atoms with E-state index in [2.05, 4.69) is 0 Å². The first kappa shape index (κ1) is 17.1. The average molecular weight is 310 g/mol. The van der Waals surface area contributed by atoms with E-state index in [-0.39, 0.29) is 12.6 Å². The molecule has 1 aliphatic rings. The van der Waals surface area contributed by atoms with Crippen LogP contribution in [0.15, 0.2) is 0 Å². The second kappa shape index (κ2) is 9.88. The summed E-state index contributed by atoms with van der Waals surface area (Å²) in [5.41, 5.74) is 0. The summed E-state index contributed by atoms with van der Waals surface area (Å²) < 4.78 is 4.83. The Kier molecular flexibility index (Phi) is 8.89. The van der Waals surface area contributed by atoms with Gasteiger partial charge >= 0.3 is 5.97 Å². The first-order valence-electron chi connectivity index (χ1n) is 6.54. The van der Waals surface area contributed by atoms with Gasteiger partial charge in [0.1, 0.15) is 18.8 Å². The van der Waals surface area contributed by atoms with Gasteiger partial charge < -0.3 is 20.1 Å². The van der Waals surface area contributed by atoms with Crippen molar-refractivity contribution in [3.05, 3.63) is 0 Å². The van der Waals surface area contributed by atoms with E-state index in [1.165, 1.54) is 12.2 Å². The van der Waals surface area contributed by atoms with E-state index in [9.17, 15) is 9.90 Å². The van der Waals surface area contributed by atoms with Crippen LogP contribution < -0.4 is 0 Å². The average Bonchev–Trinajstić information content (AvgIpc) is 2.93. The Bertz CT molecular complexity index is 259. The molecule has 3 N–H and O–H groups in total. The van der Waals surface area contributed by atoms with Gasteiger partial charge in [0.15, 0.2) is 0 Å². The highest BCUT2D eigenvalue weighted by molar-refractivity contribution is 8.77. The molecule has 0 amide bonds. The first-order valence-corrected chi connectivity index (χ1v) is 8.92. The van der Waals surface area contributed by atoms with E-state index in [4.69, 9.17) is 14.9 Å². The largest absolute Gasteiger partial charge is 0.463 e. The molecule has 3 atom stereocenters. The Hall–Kier alpha value is 0.0500. The van der Waals surface area contributed by atoms with Gasteiger partial charge in [-0.2, -0.15) is 0 Å². The van der Waals surface area contributed by atoms with Crippen LogP contribution in [0, 0.1) is 0 Å². The van der Waals surface area contributed by atoms with Gasteiger partial charge in [-0.25, -0.2) is 0 Å². The lowest BCUT2D eigenvalue weighted by atomic mass is 10.1. The smallest absolute Gasteiger partial charge is 0.305 e. The molecule has 0 aromatic rings. The Morgan fingerprint density at radius 1 is 1.32 bits per heavy atom. The zero-order chi connectivity index (χ0) is 14.1. The van der Waals surface area contributed by atoms with E-state index in [0.29, 0.717) is 6.42 Å². The number of hydrogen-bond donors (Lipinski definition) is 3. The van der Waals surface area contributed by atoms with Gasteiger partial charge in [0, 0.05) is 17.4 Å². The summed E-state index contributed by atoms with van der Waals surface area (Å²) in [7, 11) is 3.85. The van der Waals surface area contributed by atoms with Crippen LogP contribution >= 0.6 is 21.6 Å². The van der Waals surface area contributed by atoms with Crippen molar-refractivity contribution in [3.63, 3.8) is 0 Å². The van der Waals surface area contributed by atoms with Crippen LogP contribution in [0.5, 0.6) is 0 Å². The third-order valence-electron chi connectivity index (χ3n) is 2.93. The summed E-state index contributed by atoms with van der Waals surface area (Å²) >= 11 is 0. The second-order valence-corrected chi connectivity index (χ2v) is 7.36. The molecule has 19 heavy (non-hydrogen) atoms. The fourth-order valence-corrected chi connectivity index (χ4v) is 4.72. The highest BCUT2D eigenvalue weighted by Gasteiger charge is 2.18. The maximum atomic E-state index is 11.4. The topological polar surface area (TPSA) is 87.0 Å². The van der Waals surface area contributed by atoms with Gasteiger partial charge in [-0.05, 0) is 19.3 Å². The van der Waals surface area contributed by atoms with Gasteiger partial charge in [-0.3, -0.25) is 4.79 Å². The van der Waals surface area contributed by atoms with E-state index in [1.807, 2.05) is 21.6 Å². The molecular formula is C12H22O5S2. The van der Waals surface area contributed by atoms with E-state index in [1.54, 1.807) is 0 Å². The summed E-state index contributed by atoms with van der Waals surface area (Å²) in [6.07, 6.45) is 2.05. The van der Waals surface area contributed by atoms with Gasteiger partial charge in [0.25, 0.3) is 0 Å². The molecule has 1 aliphatic heterocycles. The van der Waals surface area contributed by atoms with Crippen molar-refractivity contribution in [2.24, 2.45) is 0 Å². The van der Waals surface area contributed by atoms with Crippen molar-refractivity contribution in [1.82, 2.24) is 0 Å². The van der Waals surface area contributed by atoms with Gasteiger partial charge in [0.05, 0.1) is 6.61 Å². The quantitative estimate of drug-likeness (QED) is 0.332. The van der Waals surface area contributed by atoms with Crippen molar-refractivity contribution in [1.29, 1.82) is 0 Å². The standard InChI is InChI=1S/C12H22O5S2/c13-7-10(14)11(15)8-17-12(16)4-2-1-3-9-5-6-18-19-9/h9-11,13-15H,1-8H2. The zero-order valence-electron chi connectivity index (χ0n) is 10.9. The van der Waals surface area contributed by atoms with Crippen molar-refractivity contribution in [2.75, 3.05) is 19.0 Å². The Balaban J connectivity index is 1.98. The molecule has 112 valence electrons. The molecule has 0 bridgehead atoms. The lowest BCUT2D eigenvalue weighted by Crippen LogP contribution is -2.34. The number of carbonyl (C=O) groups excluding carboxylic acids is 1. The number of carbonyl (C=O) groups is 1. The zero-order valence-corrected chi connectivity index (χ0v) is 12.5. The van der Waals surface area contributed by atoms with Crippen LogP contribution in [0.2, 0.25) is 0 Å². The van der Waals surface area contributed by atoms with Crippen LogP contribution in [0.3, 0.4) is 0 Å². The minimum Gasteiger partial charge on any atom is -0.463 e. The number of rotatable bonds is 9. The van der Waals surface area contributed by atoms with Crippen LogP contribution in [-0.2, 0) is 9.53 Å². The molecule has 1 saturated heterocycles. The molecule has 0 spiro atoms. The van der Waals surface area contributed by atoms with Crippen LogP contribution in [0.4, 0.5) is 0 Å². The first-order chi connectivity index (χ1) is 9.13. The molecule has 0 aromatic carbocycles. The normalized spacial score (nSPS) is 22.2. The molecule has 3 unspecified atom stereocenters.